The number of alkyl halides is 5. The zero-order chi connectivity index (χ0) is 12.3. The molecule has 1 aromatic rings. The average molecular weight is 242 g/mol. The predicted octanol–water partition coefficient (Wildman–Crippen LogP) is 3.50. The van der Waals surface area contributed by atoms with Gasteiger partial charge < -0.3 is 9.47 Å². The molecule has 0 saturated heterocycles. The molecular formula is C9H7F5O2. The van der Waals surface area contributed by atoms with Gasteiger partial charge in [-0.05, 0) is 18.6 Å². The Kier molecular flexibility index (Phi) is 3.56. The third-order valence-electron chi connectivity index (χ3n) is 1.61. The number of benzene rings is 1. The Labute approximate surface area is 87.6 Å². The molecule has 0 aliphatic rings. The smallest absolute Gasteiger partial charge is 0.431 e. The van der Waals surface area contributed by atoms with Crippen molar-refractivity contribution in [2.24, 2.45) is 0 Å². The lowest BCUT2D eigenvalue weighted by Crippen LogP contribution is -2.19. The molecule has 2 nitrogen and oxygen atoms in total. The third-order valence-corrected chi connectivity index (χ3v) is 1.61. The lowest BCUT2D eigenvalue weighted by Gasteiger charge is -2.15. The maximum absolute atomic E-state index is 12.0. The molecule has 0 unspecified atom stereocenters. The highest BCUT2D eigenvalue weighted by molar-refractivity contribution is 5.46. The van der Waals surface area contributed by atoms with E-state index < -0.39 is 24.5 Å². The maximum atomic E-state index is 12.0. The largest absolute Gasteiger partial charge is 0.573 e. The van der Waals surface area contributed by atoms with E-state index in [4.69, 9.17) is 0 Å². The Balaban J connectivity index is 3.03. The van der Waals surface area contributed by atoms with Crippen molar-refractivity contribution in [3.63, 3.8) is 0 Å². The monoisotopic (exact) mass is 242 g/mol. The van der Waals surface area contributed by atoms with Crippen molar-refractivity contribution in [3.05, 3.63) is 23.8 Å². The quantitative estimate of drug-likeness (QED) is 0.755. The van der Waals surface area contributed by atoms with Crippen LogP contribution in [0.5, 0.6) is 11.5 Å². The third kappa shape index (κ3) is 3.56. The summed E-state index contributed by atoms with van der Waals surface area (Å²) < 4.78 is 67.3. The van der Waals surface area contributed by atoms with Gasteiger partial charge in [-0.15, -0.1) is 13.2 Å². The summed E-state index contributed by atoms with van der Waals surface area (Å²) in [7, 11) is 0. The van der Waals surface area contributed by atoms with E-state index in [1.807, 2.05) is 0 Å². The topological polar surface area (TPSA) is 18.5 Å². The fourth-order valence-corrected chi connectivity index (χ4v) is 1.06. The fourth-order valence-electron chi connectivity index (χ4n) is 1.06. The molecule has 0 heterocycles. The van der Waals surface area contributed by atoms with Gasteiger partial charge in [0.1, 0.15) is 0 Å². The first-order chi connectivity index (χ1) is 7.29. The lowest BCUT2D eigenvalue weighted by molar-refractivity contribution is -0.275. The Morgan fingerprint density at radius 2 is 1.81 bits per heavy atom. The molecule has 0 aliphatic carbocycles. The van der Waals surface area contributed by atoms with Crippen LogP contribution in [0.1, 0.15) is 5.56 Å². The van der Waals surface area contributed by atoms with Gasteiger partial charge in [-0.25, -0.2) is 0 Å². The summed E-state index contributed by atoms with van der Waals surface area (Å²) in [6.07, 6.45) is -4.95. The average Bonchev–Trinajstić information content (AvgIpc) is 2.08. The molecule has 0 saturated carbocycles. The van der Waals surface area contributed by atoms with Gasteiger partial charge in [-0.1, -0.05) is 12.1 Å². The highest BCUT2D eigenvalue weighted by atomic mass is 19.4. The first-order valence-corrected chi connectivity index (χ1v) is 4.10. The normalized spacial score (nSPS) is 11.7. The van der Waals surface area contributed by atoms with E-state index in [2.05, 4.69) is 9.47 Å². The van der Waals surface area contributed by atoms with Crippen molar-refractivity contribution >= 4 is 0 Å². The van der Waals surface area contributed by atoms with Gasteiger partial charge in [0.15, 0.2) is 11.5 Å². The molecule has 0 amide bonds. The molecule has 0 aromatic heterocycles. The highest BCUT2D eigenvalue weighted by Crippen LogP contribution is 2.35. The molecule has 90 valence electrons. The molecule has 0 atom stereocenters. The van der Waals surface area contributed by atoms with E-state index in [0.717, 1.165) is 6.07 Å². The molecule has 1 rings (SSSR count). The van der Waals surface area contributed by atoms with Crippen LogP contribution in [-0.4, -0.2) is 13.0 Å². The van der Waals surface area contributed by atoms with Gasteiger partial charge in [0.2, 0.25) is 0 Å². The van der Waals surface area contributed by atoms with Gasteiger partial charge in [-0.2, -0.15) is 8.78 Å². The molecule has 0 bridgehead atoms. The summed E-state index contributed by atoms with van der Waals surface area (Å²) in [5.74, 6) is -1.40. The minimum Gasteiger partial charge on any atom is -0.431 e. The van der Waals surface area contributed by atoms with Crippen LogP contribution in [0, 0.1) is 6.92 Å². The number of hydrogen-bond acceptors (Lipinski definition) is 2. The Hall–Kier alpha value is -1.53. The summed E-state index contributed by atoms with van der Waals surface area (Å²) in [6, 6.07) is 3.55. The standard InChI is InChI=1S/C9H7F5O2/c1-5-3-2-4-6(15-8(10)11)7(5)16-9(12,13)14/h2-4,8H,1H3. The predicted molar refractivity (Wildman–Crippen MR) is 44.5 cm³/mol. The van der Waals surface area contributed by atoms with Crippen molar-refractivity contribution < 1.29 is 31.4 Å². The maximum Gasteiger partial charge on any atom is 0.573 e. The molecule has 0 fully saturated rings. The molecule has 1 aromatic carbocycles. The molecule has 16 heavy (non-hydrogen) atoms. The van der Waals surface area contributed by atoms with Crippen LogP contribution in [0.4, 0.5) is 22.0 Å². The van der Waals surface area contributed by atoms with E-state index in [0.29, 0.717) is 0 Å². The zero-order valence-electron chi connectivity index (χ0n) is 8.02. The minimum absolute atomic E-state index is 0.0514. The number of hydrogen-bond donors (Lipinski definition) is 0. The summed E-state index contributed by atoms with van der Waals surface area (Å²) in [5.41, 5.74) is 0.0514. The van der Waals surface area contributed by atoms with Crippen LogP contribution in [0.3, 0.4) is 0 Å². The second-order valence-corrected chi connectivity index (χ2v) is 2.83. The number of ether oxygens (including phenoxy) is 2. The van der Waals surface area contributed by atoms with Crippen LogP contribution >= 0.6 is 0 Å². The molecule has 0 aliphatic heterocycles. The molecular weight excluding hydrogens is 235 g/mol. The second kappa shape index (κ2) is 4.54. The first kappa shape index (κ1) is 12.5. The van der Waals surface area contributed by atoms with E-state index in [-0.39, 0.29) is 5.56 Å². The van der Waals surface area contributed by atoms with E-state index >= 15 is 0 Å². The SMILES string of the molecule is Cc1cccc(OC(F)F)c1OC(F)(F)F. The summed E-state index contributed by atoms with van der Waals surface area (Å²) in [6.45, 7) is -1.92. The van der Waals surface area contributed by atoms with Crippen molar-refractivity contribution in [1.82, 2.24) is 0 Å². The minimum atomic E-state index is -4.95. The van der Waals surface area contributed by atoms with E-state index in [9.17, 15) is 22.0 Å². The van der Waals surface area contributed by atoms with Gasteiger partial charge in [0.25, 0.3) is 0 Å². The number of rotatable bonds is 3. The van der Waals surface area contributed by atoms with Crippen molar-refractivity contribution in [2.75, 3.05) is 0 Å². The first-order valence-electron chi connectivity index (χ1n) is 4.10. The van der Waals surface area contributed by atoms with E-state index in [1.54, 1.807) is 0 Å². The van der Waals surface area contributed by atoms with Crippen LogP contribution in [0.15, 0.2) is 18.2 Å². The fraction of sp³-hybridized carbons (Fsp3) is 0.333. The van der Waals surface area contributed by atoms with Gasteiger partial charge >= 0.3 is 13.0 Å². The van der Waals surface area contributed by atoms with Crippen LogP contribution in [0.2, 0.25) is 0 Å². The highest BCUT2D eigenvalue weighted by Gasteiger charge is 2.33. The molecule has 0 spiro atoms. The van der Waals surface area contributed by atoms with Crippen LogP contribution in [0.25, 0.3) is 0 Å². The number of para-hydroxylation sites is 1. The zero-order valence-corrected chi connectivity index (χ0v) is 8.02. The van der Waals surface area contributed by atoms with Crippen molar-refractivity contribution in [2.45, 2.75) is 19.9 Å². The molecule has 0 N–H and O–H groups in total. The van der Waals surface area contributed by atoms with Gasteiger partial charge in [0.05, 0.1) is 0 Å². The number of halogens is 5. The van der Waals surface area contributed by atoms with Crippen molar-refractivity contribution in [1.29, 1.82) is 0 Å². The van der Waals surface area contributed by atoms with Gasteiger partial charge in [-0.3, -0.25) is 0 Å². The van der Waals surface area contributed by atoms with Crippen LogP contribution < -0.4 is 9.47 Å². The van der Waals surface area contributed by atoms with Gasteiger partial charge in [0, 0.05) is 0 Å². The Morgan fingerprint density at radius 1 is 1.19 bits per heavy atom. The van der Waals surface area contributed by atoms with Crippen LogP contribution in [-0.2, 0) is 0 Å². The van der Waals surface area contributed by atoms with E-state index in [1.165, 1.54) is 19.1 Å². The second-order valence-electron chi connectivity index (χ2n) is 2.83. The summed E-state index contributed by atoms with van der Waals surface area (Å²) in [5, 5.41) is 0. The lowest BCUT2D eigenvalue weighted by atomic mass is 10.2. The summed E-state index contributed by atoms with van der Waals surface area (Å²) >= 11 is 0. The number of aryl methyl sites for hydroxylation is 1. The van der Waals surface area contributed by atoms with Crippen molar-refractivity contribution in [3.8, 4) is 11.5 Å². The molecule has 7 heteroatoms. The Bertz CT molecular complexity index is 361. The Morgan fingerprint density at radius 3 is 2.31 bits per heavy atom. The molecule has 0 radical (unpaired) electrons. The summed E-state index contributed by atoms with van der Waals surface area (Å²) in [4.78, 5) is 0.